The van der Waals surface area contributed by atoms with Crippen molar-refractivity contribution >= 4 is 0 Å². The highest BCUT2D eigenvalue weighted by Gasteiger charge is 2.17. The molecule has 5 heteroatoms. The van der Waals surface area contributed by atoms with Crippen molar-refractivity contribution < 1.29 is 22.0 Å². The highest BCUT2D eigenvalue weighted by Crippen LogP contribution is 2.33. The Bertz CT molecular complexity index is 904. The minimum Gasteiger partial charge on any atom is -0.207 e. The van der Waals surface area contributed by atoms with E-state index in [1.54, 1.807) is 6.07 Å². The second-order valence-corrected chi connectivity index (χ2v) is 5.64. The molecule has 0 aliphatic carbocycles. The third-order valence-electron chi connectivity index (χ3n) is 3.95. The fourth-order valence-electron chi connectivity index (χ4n) is 2.72. The van der Waals surface area contributed by atoms with E-state index in [0.29, 0.717) is 12.5 Å². The van der Waals surface area contributed by atoms with E-state index in [1.165, 1.54) is 12.1 Å². The Morgan fingerprint density at radius 3 is 1.76 bits per heavy atom. The molecule has 3 rings (SSSR count). The molecule has 0 amide bonds. The van der Waals surface area contributed by atoms with E-state index in [-0.39, 0.29) is 16.7 Å². The molecule has 0 N–H and O–H groups in total. The highest BCUT2D eigenvalue weighted by molar-refractivity contribution is 5.72. The van der Waals surface area contributed by atoms with Gasteiger partial charge in [0, 0.05) is 11.6 Å². The van der Waals surface area contributed by atoms with Gasteiger partial charge in [-0.05, 0) is 53.4 Å². The maximum atomic E-state index is 14.4. The van der Waals surface area contributed by atoms with Crippen LogP contribution in [0.1, 0.15) is 12.5 Å². The van der Waals surface area contributed by atoms with E-state index in [2.05, 4.69) is 0 Å². The van der Waals surface area contributed by atoms with Gasteiger partial charge in [0.05, 0.1) is 5.56 Å². The van der Waals surface area contributed by atoms with E-state index in [4.69, 9.17) is 0 Å². The summed E-state index contributed by atoms with van der Waals surface area (Å²) >= 11 is 0. The second kappa shape index (κ2) is 6.67. The molecule has 0 unspecified atom stereocenters. The normalized spacial score (nSPS) is 11.0. The molecule has 0 spiro atoms. The van der Waals surface area contributed by atoms with Gasteiger partial charge in [-0.2, -0.15) is 0 Å². The molecular weight excluding hydrogens is 335 g/mol. The third-order valence-corrected chi connectivity index (χ3v) is 3.95. The van der Waals surface area contributed by atoms with Gasteiger partial charge in [0.25, 0.3) is 0 Å². The largest absolute Gasteiger partial charge is 0.207 e. The number of rotatable bonds is 3. The van der Waals surface area contributed by atoms with Crippen molar-refractivity contribution in [3.8, 4) is 22.3 Å². The predicted octanol–water partition coefficient (Wildman–Crippen LogP) is 6.28. The molecule has 0 aliphatic rings. The lowest BCUT2D eigenvalue weighted by molar-refractivity contribution is 0.578. The molecule has 0 atom stereocenters. The molecule has 0 aliphatic heterocycles. The van der Waals surface area contributed by atoms with Gasteiger partial charge < -0.3 is 0 Å². The van der Waals surface area contributed by atoms with E-state index < -0.39 is 34.6 Å². The highest BCUT2D eigenvalue weighted by atomic mass is 19.1. The molecule has 0 saturated heterocycles. The van der Waals surface area contributed by atoms with Crippen molar-refractivity contribution in [2.45, 2.75) is 13.3 Å². The molecule has 3 aromatic rings. The molecule has 0 fully saturated rings. The summed E-state index contributed by atoms with van der Waals surface area (Å²) in [5.74, 6) is -4.54. The third kappa shape index (κ3) is 3.40. The Kier molecular flexibility index (Phi) is 4.57. The standard InChI is InChI=1S/C20H13F5/c1-2-11-3-4-16(17(23)5-11)12-8-18(24)20(19(25)9-12)13-6-14(21)10-15(22)7-13/h3-10H,2H2,1H3. The molecule has 0 nitrogen and oxygen atoms in total. The Morgan fingerprint density at radius 1 is 0.640 bits per heavy atom. The summed E-state index contributed by atoms with van der Waals surface area (Å²) in [6, 6.07) is 8.60. The number of hydrogen-bond acceptors (Lipinski definition) is 0. The lowest BCUT2D eigenvalue weighted by atomic mass is 9.97. The lowest BCUT2D eigenvalue weighted by Crippen LogP contribution is -1.95. The first kappa shape index (κ1) is 17.1. The Labute approximate surface area is 141 Å². The number of aryl methyl sites for hydroxylation is 1. The van der Waals surface area contributed by atoms with Crippen LogP contribution in [0.5, 0.6) is 0 Å². The van der Waals surface area contributed by atoms with Gasteiger partial charge in [0.15, 0.2) is 0 Å². The van der Waals surface area contributed by atoms with Crippen LogP contribution in [0, 0.1) is 29.1 Å². The summed E-state index contributed by atoms with van der Waals surface area (Å²) in [7, 11) is 0. The van der Waals surface area contributed by atoms with Crippen molar-refractivity contribution in [2.24, 2.45) is 0 Å². The molecule has 0 radical (unpaired) electrons. The van der Waals surface area contributed by atoms with Crippen molar-refractivity contribution in [1.82, 2.24) is 0 Å². The maximum absolute atomic E-state index is 14.4. The average Bonchev–Trinajstić information content (AvgIpc) is 2.53. The van der Waals surface area contributed by atoms with Crippen molar-refractivity contribution in [3.05, 3.63) is 83.2 Å². The van der Waals surface area contributed by atoms with Crippen LogP contribution in [0.2, 0.25) is 0 Å². The summed E-state index contributed by atoms with van der Waals surface area (Å²) in [4.78, 5) is 0. The Balaban J connectivity index is 2.12. The van der Waals surface area contributed by atoms with Crippen LogP contribution in [0.25, 0.3) is 22.3 Å². The molecule has 0 bridgehead atoms. The zero-order chi connectivity index (χ0) is 18.1. The molecule has 3 aromatic carbocycles. The summed E-state index contributed by atoms with van der Waals surface area (Å²) in [6.07, 6.45) is 0.629. The minimum absolute atomic E-state index is 0.00998. The monoisotopic (exact) mass is 348 g/mol. The van der Waals surface area contributed by atoms with Gasteiger partial charge >= 0.3 is 0 Å². The van der Waals surface area contributed by atoms with Crippen LogP contribution in [0.4, 0.5) is 22.0 Å². The summed E-state index contributed by atoms with van der Waals surface area (Å²) in [6.45, 7) is 1.86. The number of benzene rings is 3. The van der Waals surface area contributed by atoms with Crippen LogP contribution in [-0.4, -0.2) is 0 Å². The molecule has 128 valence electrons. The van der Waals surface area contributed by atoms with Crippen LogP contribution in [-0.2, 0) is 6.42 Å². The lowest BCUT2D eigenvalue weighted by Gasteiger charge is -2.10. The van der Waals surface area contributed by atoms with Crippen LogP contribution >= 0.6 is 0 Å². The van der Waals surface area contributed by atoms with Gasteiger partial charge in [0.1, 0.15) is 29.1 Å². The van der Waals surface area contributed by atoms with Crippen LogP contribution in [0.15, 0.2) is 48.5 Å². The summed E-state index contributed by atoms with van der Waals surface area (Å²) in [5.41, 5.74) is -0.00890. The van der Waals surface area contributed by atoms with Crippen molar-refractivity contribution in [1.29, 1.82) is 0 Å². The molecule has 0 heterocycles. The molecule has 0 saturated carbocycles. The zero-order valence-corrected chi connectivity index (χ0v) is 13.2. The van der Waals surface area contributed by atoms with Gasteiger partial charge in [-0.25, -0.2) is 22.0 Å². The van der Waals surface area contributed by atoms with Gasteiger partial charge in [-0.1, -0.05) is 19.1 Å². The van der Waals surface area contributed by atoms with E-state index in [9.17, 15) is 22.0 Å². The Hall–Kier alpha value is -2.69. The first-order chi connectivity index (χ1) is 11.9. The van der Waals surface area contributed by atoms with Crippen molar-refractivity contribution in [2.75, 3.05) is 0 Å². The fraction of sp³-hybridized carbons (Fsp3) is 0.100. The predicted molar refractivity (Wildman–Crippen MR) is 86.5 cm³/mol. The number of halogens is 5. The first-order valence-corrected chi connectivity index (χ1v) is 7.63. The van der Waals surface area contributed by atoms with Gasteiger partial charge in [-0.15, -0.1) is 0 Å². The fourth-order valence-corrected chi connectivity index (χ4v) is 2.72. The second-order valence-electron chi connectivity index (χ2n) is 5.64. The van der Waals surface area contributed by atoms with Gasteiger partial charge in [0.2, 0.25) is 0 Å². The SMILES string of the molecule is CCc1ccc(-c2cc(F)c(-c3cc(F)cc(F)c3)c(F)c2)c(F)c1. The van der Waals surface area contributed by atoms with Crippen LogP contribution < -0.4 is 0 Å². The summed E-state index contributed by atoms with van der Waals surface area (Å²) in [5, 5.41) is 0. The zero-order valence-electron chi connectivity index (χ0n) is 13.2. The quantitative estimate of drug-likeness (QED) is 0.489. The van der Waals surface area contributed by atoms with E-state index in [0.717, 1.165) is 29.8 Å². The smallest absolute Gasteiger partial charge is 0.134 e. The molecule has 0 aromatic heterocycles. The minimum atomic E-state index is -1.03. The average molecular weight is 348 g/mol. The first-order valence-electron chi connectivity index (χ1n) is 7.63. The number of hydrogen-bond donors (Lipinski definition) is 0. The van der Waals surface area contributed by atoms with Gasteiger partial charge in [-0.3, -0.25) is 0 Å². The Morgan fingerprint density at radius 2 is 1.24 bits per heavy atom. The van der Waals surface area contributed by atoms with Crippen molar-refractivity contribution in [3.63, 3.8) is 0 Å². The van der Waals surface area contributed by atoms with Crippen LogP contribution in [0.3, 0.4) is 0 Å². The molecular formula is C20H13F5. The van der Waals surface area contributed by atoms with E-state index >= 15 is 0 Å². The molecule has 25 heavy (non-hydrogen) atoms. The maximum Gasteiger partial charge on any atom is 0.134 e. The topological polar surface area (TPSA) is 0 Å². The van der Waals surface area contributed by atoms with E-state index in [1.807, 2.05) is 6.92 Å². The summed E-state index contributed by atoms with van der Waals surface area (Å²) < 4.78 is 69.6.